The van der Waals surface area contributed by atoms with Gasteiger partial charge in [-0.05, 0) is 31.4 Å². The van der Waals surface area contributed by atoms with Crippen LogP contribution < -0.4 is 10.1 Å². The molecule has 6 nitrogen and oxygen atoms in total. The zero-order valence-corrected chi connectivity index (χ0v) is 17.2. The van der Waals surface area contributed by atoms with Crippen molar-refractivity contribution < 1.29 is 31.5 Å². The summed E-state index contributed by atoms with van der Waals surface area (Å²) in [5, 5.41) is 3.03. The smallest absolute Gasteiger partial charge is 0.405 e. The van der Waals surface area contributed by atoms with E-state index >= 15 is 0 Å². The fraction of sp³-hybridized carbons (Fsp3) is 0.318. The van der Waals surface area contributed by atoms with Gasteiger partial charge in [0.15, 0.2) is 11.6 Å². The minimum absolute atomic E-state index is 0.161. The van der Waals surface area contributed by atoms with Crippen LogP contribution in [0.3, 0.4) is 0 Å². The van der Waals surface area contributed by atoms with Crippen molar-refractivity contribution in [3.63, 3.8) is 0 Å². The molecule has 4 rings (SSSR count). The molecule has 1 saturated heterocycles. The SMILES string of the molecule is O=C(c1ccccc1OC(F)(F)F)N1CCCCC1CNc1cnc2cc(F)c(F)cc2n1. The second-order valence-corrected chi connectivity index (χ2v) is 7.58. The van der Waals surface area contributed by atoms with E-state index in [-0.39, 0.29) is 29.2 Å². The molecule has 2 aromatic carbocycles. The lowest BCUT2D eigenvalue weighted by Gasteiger charge is -2.36. The molecule has 1 fully saturated rings. The summed E-state index contributed by atoms with van der Waals surface area (Å²) >= 11 is 0. The van der Waals surface area contributed by atoms with Gasteiger partial charge in [0.25, 0.3) is 5.91 Å². The van der Waals surface area contributed by atoms with Crippen LogP contribution in [0.15, 0.2) is 42.6 Å². The predicted octanol–water partition coefficient (Wildman–Crippen LogP) is 4.91. The van der Waals surface area contributed by atoms with Crippen molar-refractivity contribution in [1.82, 2.24) is 14.9 Å². The van der Waals surface area contributed by atoms with Crippen LogP contribution in [0.5, 0.6) is 5.75 Å². The normalized spacial score (nSPS) is 16.6. The van der Waals surface area contributed by atoms with Gasteiger partial charge >= 0.3 is 6.36 Å². The van der Waals surface area contributed by atoms with Gasteiger partial charge in [0.1, 0.15) is 11.6 Å². The number of para-hydroxylation sites is 1. The Morgan fingerprint density at radius 1 is 1.12 bits per heavy atom. The molecule has 0 saturated carbocycles. The number of benzene rings is 2. The molecule has 0 aliphatic carbocycles. The third kappa shape index (κ3) is 5.29. The van der Waals surface area contributed by atoms with E-state index in [1.807, 2.05) is 0 Å². The van der Waals surface area contributed by atoms with Gasteiger partial charge in [0, 0.05) is 31.3 Å². The first-order valence-corrected chi connectivity index (χ1v) is 10.2. The van der Waals surface area contributed by atoms with Crippen LogP contribution >= 0.6 is 0 Å². The van der Waals surface area contributed by atoms with Crippen LogP contribution in [-0.2, 0) is 0 Å². The van der Waals surface area contributed by atoms with Gasteiger partial charge < -0.3 is 15.0 Å². The summed E-state index contributed by atoms with van der Waals surface area (Å²) in [6.07, 6.45) is -1.38. The van der Waals surface area contributed by atoms with Crippen LogP contribution in [0.25, 0.3) is 11.0 Å². The minimum atomic E-state index is -4.92. The first kappa shape index (κ1) is 22.7. The minimum Gasteiger partial charge on any atom is -0.405 e. The van der Waals surface area contributed by atoms with E-state index in [9.17, 15) is 26.7 Å². The Bertz CT molecular complexity index is 1170. The van der Waals surface area contributed by atoms with Crippen molar-refractivity contribution in [3.05, 3.63) is 59.8 Å². The number of nitrogens with one attached hydrogen (secondary N) is 1. The molecular formula is C22H19F5N4O2. The Hall–Kier alpha value is -3.50. The summed E-state index contributed by atoms with van der Waals surface area (Å²) in [5.74, 6) is -2.89. The van der Waals surface area contributed by atoms with Crippen molar-refractivity contribution in [3.8, 4) is 5.75 Å². The number of aromatic nitrogens is 2. The van der Waals surface area contributed by atoms with Gasteiger partial charge in [-0.3, -0.25) is 9.78 Å². The summed E-state index contributed by atoms with van der Waals surface area (Å²) in [7, 11) is 0. The third-order valence-corrected chi connectivity index (χ3v) is 5.33. The second kappa shape index (κ2) is 9.16. The molecule has 1 N–H and O–H groups in total. The number of anilines is 1. The Morgan fingerprint density at radius 3 is 2.61 bits per heavy atom. The van der Waals surface area contributed by atoms with Crippen molar-refractivity contribution >= 4 is 22.8 Å². The van der Waals surface area contributed by atoms with Crippen LogP contribution in [0, 0.1) is 11.6 Å². The molecule has 1 unspecified atom stereocenters. The third-order valence-electron chi connectivity index (χ3n) is 5.33. The molecule has 0 radical (unpaired) electrons. The first-order chi connectivity index (χ1) is 15.7. The number of fused-ring (bicyclic) bond motifs is 1. The molecule has 2 heterocycles. The van der Waals surface area contributed by atoms with Gasteiger partial charge in [-0.25, -0.2) is 13.8 Å². The van der Waals surface area contributed by atoms with Crippen molar-refractivity contribution in [2.24, 2.45) is 0 Å². The molecule has 11 heteroatoms. The topological polar surface area (TPSA) is 67.3 Å². The van der Waals surface area contributed by atoms with E-state index in [0.717, 1.165) is 24.6 Å². The Balaban J connectivity index is 1.51. The van der Waals surface area contributed by atoms with Gasteiger partial charge in [-0.15, -0.1) is 13.2 Å². The number of piperidine rings is 1. The number of ether oxygens (including phenoxy) is 1. The standard InChI is InChI=1S/C22H19F5N4O2/c23-15-9-17-18(10-16(15)24)30-20(12-28-17)29-11-13-5-3-4-8-31(13)21(32)14-6-1-2-7-19(14)33-22(25,26)27/h1-2,6-7,9-10,12-13H,3-5,8,11H2,(H,29,30). The lowest BCUT2D eigenvalue weighted by molar-refractivity contribution is -0.274. The summed E-state index contributed by atoms with van der Waals surface area (Å²) in [4.78, 5) is 22.9. The summed E-state index contributed by atoms with van der Waals surface area (Å²) < 4.78 is 69.2. The second-order valence-electron chi connectivity index (χ2n) is 7.58. The zero-order chi connectivity index (χ0) is 23.6. The highest BCUT2D eigenvalue weighted by molar-refractivity contribution is 5.97. The van der Waals surface area contributed by atoms with Gasteiger partial charge in [-0.2, -0.15) is 0 Å². The van der Waals surface area contributed by atoms with Crippen LogP contribution in [0.1, 0.15) is 29.6 Å². The van der Waals surface area contributed by atoms with E-state index in [2.05, 4.69) is 20.0 Å². The monoisotopic (exact) mass is 466 g/mol. The van der Waals surface area contributed by atoms with Crippen LogP contribution in [-0.4, -0.2) is 46.3 Å². The number of carbonyl (C=O) groups excluding carboxylic acids is 1. The van der Waals surface area contributed by atoms with Gasteiger partial charge in [0.2, 0.25) is 0 Å². The molecule has 1 atom stereocenters. The first-order valence-electron chi connectivity index (χ1n) is 10.2. The van der Waals surface area contributed by atoms with E-state index < -0.39 is 29.7 Å². The average Bonchev–Trinajstić information content (AvgIpc) is 2.77. The number of hydrogen-bond donors (Lipinski definition) is 1. The Morgan fingerprint density at radius 2 is 1.85 bits per heavy atom. The lowest BCUT2D eigenvalue weighted by atomic mass is 10.0. The number of nitrogens with zero attached hydrogens (tertiary/aromatic N) is 3. The molecule has 174 valence electrons. The number of amides is 1. The molecule has 33 heavy (non-hydrogen) atoms. The predicted molar refractivity (Wildman–Crippen MR) is 110 cm³/mol. The fourth-order valence-corrected chi connectivity index (χ4v) is 3.81. The summed E-state index contributed by atoms with van der Waals surface area (Å²) in [5.41, 5.74) is 0.175. The average molecular weight is 466 g/mol. The van der Waals surface area contributed by atoms with Gasteiger partial charge in [0.05, 0.1) is 22.8 Å². The molecule has 3 aromatic rings. The van der Waals surface area contributed by atoms with E-state index in [4.69, 9.17) is 0 Å². The largest absolute Gasteiger partial charge is 0.573 e. The molecular weight excluding hydrogens is 447 g/mol. The summed E-state index contributed by atoms with van der Waals surface area (Å²) in [6, 6.07) is 6.80. The number of hydrogen-bond acceptors (Lipinski definition) is 5. The number of alkyl halides is 3. The van der Waals surface area contributed by atoms with Crippen molar-refractivity contribution in [2.75, 3.05) is 18.4 Å². The quantitative estimate of drug-likeness (QED) is 0.541. The maximum Gasteiger partial charge on any atom is 0.573 e. The lowest BCUT2D eigenvalue weighted by Crippen LogP contribution is -2.47. The molecule has 0 bridgehead atoms. The number of rotatable bonds is 5. The van der Waals surface area contributed by atoms with E-state index in [1.165, 1.54) is 29.3 Å². The van der Waals surface area contributed by atoms with Crippen LogP contribution in [0.2, 0.25) is 0 Å². The number of carbonyl (C=O) groups is 1. The maximum atomic E-state index is 13.5. The van der Waals surface area contributed by atoms with Crippen LogP contribution in [0.4, 0.5) is 27.8 Å². The Kier molecular flexibility index (Phi) is 6.30. The summed E-state index contributed by atoms with van der Waals surface area (Å²) in [6.45, 7) is 0.622. The molecule has 1 aromatic heterocycles. The highest BCUT2D eigenvalue weighted by Crippen LogP contribution is 2.29. The fourth-order valence-electron chi connectivity index (χ4n) is 3.81. The zero-order valence-electron chi connectivity index (χ0n) is 17.2. The molecule has 1 aliphatic heterocycles. The highest BCUT2D eigenvalue weighted by atomic mass is 19.4. The van der Waals surface area contributed by atoms with Gasteiger partial charge in [-0.1, -0.05) is 12.1 Å². The Labute approximate surface area is 185 Å². The number of likely N-dealkylation sites (tertiary alicyclic amines) is 1. The maximum absolute atomic E-state index is 13.5. The van der Waals surface area contributed by atoms with E-state index in [0.29, 0.717) is 25.2 Å². The van der Waals surface area contributed by atoms with Crippen molar-refractivity contribution in [2.45, 2.75) is 31.7 Å². The van der Waals surface area contributed by atoms with E-state index in [1.54, 1.807) is 0 Å². The highest BCUT2D eigenvalue weighted by Gasteiger charge is 2.35. The van der Waals surface area contributed by atoms with Crippen molar-refractivity contribution in [1.29, 1.82) is 0 Å². The molecule has 1 aliphatic rings. The molecule has 1 amide bonds. The number of halogens is 5. The molecule has 0 spiro atoms.